The summed E-state index contributed by atoms with van der Waals surface area (Å²) in [7, 11) is 0. The van der Waals surface area contributed by atoms with Gasteiger partial charge in [-0.25, -0.2) is 4.79 Å². The number of amides is 3. The summed E-state index contributed by atoms with van der Waals surface area (Å²) in [5.74, 6) is -5.05. The molecule has 0 radical (unpaired) electrons. The van der Waals surface area contributed by atoms with Crippen molar-refractivity contribution in [1.29, 1.82) is 0 Å². The molecule has 0 spiro atoms. The minimum atomic E-state index is -1.39. The van der Waals surface area contributed by atoms with E-state index in [-0.39, 0.29) is 37.5 Å². The molecule has 204 valence electrons. The number of aliphatic carboxylic acids is 2. The summed E-state index contributed by atoms with van der Waals surface area (Å²) in [5, 5.41) is 34.7. The molecule has 1 aromatic rings. The van der Waals surface area contributed by atoms with Gasteiger partial charge in [0.05, 0.1) is 12.6 Å². The number of carboxylic acid groups (broad SMARTS) is 2. The van der Waals surface area contributed by atoms with Gasteiger partial charge in [-0.1, -0.05) is 12.1 Å². The number of phenolic OH excluding ortho intramolecular Hbond substituents is 1. The normalized spacial score (nSPS) is 12.9. The number of carboxylic acids is 2. The predicted molar refractivity (Wildman–Crippen MR) is 131 cm³/mol. The van der Waals surface area contributed by atoms with Crippen molar-refractivity contribution in [3.63, 3.8) is 0 Å². The summed E-state index contributed by atoms with van der Waals surface area (Å²) in [6.45, 7) is -0.276. The highest BCUT2D eigenvalue weighted by molar-refractivity contribution is 5.92. The zero-order valence-corrected chi connectivity index (χ0v) is 20.1. The average molecular weight is 524 g/mol. The molecule has 3 unspecified atom stereocenters. The number of benzene rings is 1. The van der Waals surface area contributed by atoms with Gasteiger partial charge in [0.1, 0.15) is 17.8 Å². The molecule has 1 aromatic carbocycles. The van der Waals surface area contributed by atoms with Gasteiger partial charge in [0, 0.05) is 19.4 Å². The fraction of sp³-hybridized carbons (Fsp3) is 0.455. The molecule has 0 aliphatic heterocycles. The molecule has 0 aromatic heterocycles. The van der Waals surface area contributed by atoms with Crippen LogP contribution in [-0.4, -0.2) is 82.2 Å². The van der Waals surface area contributed by atoms with Crippen molar-refractivity contribution in [2.75, 3.05) is 13.1 Å². The van der Waals surface area contributed by atoms with E-state index in [9.17, 15) is 34.2 Å². The number of phenols is 1. The minimum Gasteiger partial charge on any atom is -0.508 e. The second-order valence-electron chi connectivity index (χ2n) is 8.10. The topological polar surface area (TPSA) is 273 Å². The Balaban J connectivity index is 2.71. The predicted octanol–water partition coefficient (Wildman–Crippen LogP) is -2.65. The maximum absolute atomic E-state index is 12.7. The minimum absolute atomic E-state index is 0.0184. The molecule has 15 nitrogen and oxygen atoms in total. The number of nitrogens with two attached hydrogens (primary N) is 3. The number of rotatable bonds is 16. The van der Waals surface area contributed by atoms with Gasteiger partial charge in [-0.3, -0.25) is 24.2 Å². The van der Waals surface area contributed by atoms with Gasteiger partial charge in [0.25, 0.3) is 0 Å². The smallest absolute Gasteiger partial charge is 0.326 e. The highest BCUT2D eigenvalue weighted by atomic mass is 16.4. The highest BCUT2D eigenvalue weighted by Gasteiger charge is 2.27. The zero-order chi connectivity index (χ0) is 28.0. The molecule has 0 bridgehead atoms. The van der Waals surface area contributed by atoms with E-state index >= 15 is 0 Å². The van der Waals surface area contributed by atoms with Crippen molar-refractivity contribution in [2.45, 2.75) is 50.2 Å². The fourth-order valence-corrected chi connectivity index (χ4v) is 3.07. The van der Waals surface area contributed by atoms with Gasteiger partial charge < -0.3 is 48.5 Å². The van der Waals surface area contributed by atoms with E-state index < -0.39 is 60.8 Å². The average Bonchev–Trinajstić information content (AvgIpc) is 2.83. The summed E-state index contributed by atoms with van der Waals surface area (Å²) in [6, 6.07) is 1.97. The Bertz CT molecular complexity index is 980. The quantitative estimate of drug-likeness (QED) is 0.0613. The van der Waals surface area contributed by atoms with Crippen LogP contribution in [0.1, 0.15) is 31.2 Å². The number of hydrogen-bond donors (Lipinski definition) is 9. The molecule has 0 saturated carbocycles. The van der Waals surface area contributed by atoms with E-state index in [0.29, 0.717) is 12.0 Å². The van der Waals surface area contributed by atoms with Crippen molar-refractivity contribution in [1.82, 2.24) is 16.0 Å². The first-order valence-electron chi connectivity index (χ1n) is 11.3. The number of aromatic hydroxyl groups is 1. The lowest BCUT2D eigenvalue weighted by Gasteiger charge is -2.21. The van der Waals surface area contributed by atoms with E-state index in [2.05, 4.69) is 20.9 Å². The number of aliphatic imine (C=N–C) groups is 1. The number of nitrogens with one attached hydrogen (secondary N) is 3. The van der Waals surface area contributed by atoms with Crippen LogP contribution in [0.15, 0.2) is 29.3 Å². The third kappa shape index (κ3) is 12.7. The Kier molecular flexibility index (Phi) is 12.9. The van der Waals surface area contributed by atoms with Crippen molar-refractivity contribution in [3.8, 4) is 5.75 Å². The molecule has 3 amide bonds. The summed E-state index contributed by atoms with van der Waals surface area (Å²) >= 11 is 0. The van der Waals surface area contributed by atoms with Crippen molar-refractivity contribution in [2.24, 2.45) is 22.2 Å². The van der Waals surface area contributed by atoms with Crippen LogP contribution in [0, 0.1) is 0 Å². The molecule has 0 aliphatic carbocycles. The lowest BCUT2D eigenvalue weighted by Crippen LogP contribution is -2.54. The van der Waals surface area contributed by atoms with Gasteiger partial charge >= 0.3 is 11.9 Å². The molecule has 37 heavy (non-hydrogen) atoms. The van der Waals surface area contributed by atoms with E-state index in [1.807, 2.05) is 0 Å². The van der Waals surface area contributed by atoms with Crippen molar-refractivity contribution < 1.29 is 39.3 Å². The third-order valence-corrected chi connectivity index (χ3v) is 5.02. The molecule has 0 aliphatic rings. The lowest BCUT2D eigenvalue weighted by molar-refractivity contribution is -0.143. The first-order chi connectivity index (χ1) is 17.4. The van der Waals surface area contributed by atoms with Crippen LogP contribution in [0.25, 0.3) is 0 Å². The van der Waals surface area contributed by atoms with Gasteiger partial charge in [-0.2, -0.15) is 0 Å². The van der Waals surface area contributed by atoms with Crippen LogP contribution in [0.3, 0.4) is 0 Å². The molecule has 3 atom stereocenters. The SMILES string of the molecule is NC(N)=NCCCC(N)C(=O)NCC(=O)NC(CCC(=O)O)C(=O)NC(Cc1ccc(O)cc1)C(=O)O. The van der Waals surface area contributed by atoms with Crippen LogP contribution >= 0.6 is 0 Å². The number of carbonyl (C=O) groups is 5. The van der Waals surface area contributed by atoms with Gasteiger partial charge in [-0.15, -0.1) is 0 Å². The van der Waals surface area contributed by atoms with Crippen LogP contribution in [0.4, 0.5) is 0 Å². The second kappa shape index (κ2) is 15.6. The summed E-state index contributed by atoms with van der Waals surface area (Å²) < 4.78 is 0. The van der Waals surface area contributed by atoms with Crippen molar-refractivity contribution in [3.05, 3.63) is 29.8 Å². The second-order valence-corrected chi connectivity index (χ2v) is 8.10. The molecular formula is C22H33N7O8. The summed E-state index contributed by atoms with van der Waals surface area (Å²) in [6.07, 6.45) is -0.271. The van der Waals surface area contributed by atoms with Gasteiger partial charge in [0.15, 0.2) is 5.96 Å². The fourth-order valence-electron chi connectivity index (χ4n) is 3.07. The number of carbonyl (C=O) groups excluding carboxylic acids is 3. The standard InChI is InChI=1S/C22H33N7O8/c23-14(2-1-9-26-22(24)25)19(34)27-11-17(31)28-15(7-8-18(32)33)20(35)29-16(21(36)37)10-12-3-5-13(30)6-4-12/h3-6,14-16,30H,1-2,7-11,23H2,(H,27,34)(H,28,31)(H,29,35)(H,32,33)(H,36,37)(H4,24,25,26). The summed E-state index contributed by atoms with van der Waals surface area (Å²) in [5.41, 5.74) is 16.7. The molecule has 15 heteroatoms. The monoisotopic (exact) mass is 523 g/mol. The Labute approximate surface area is 212 Å². The number of hydrogen-bond acceptors (Lipinski definition) is 8. The van der Waals surface area contributed by atoms with Crippen LogP contribution in [0.2, 0.25) is 0 Å². The maximum atomic E-state index is 12.7. The Morgan fingerprint density at radius 2 is 1.57 bits per heavy atom. The van der Waals surface area contributed by atoms with Gasteiger partial charge in [0.2, 0.25) is 17.7 Å². The van der Waals surface area contributed by atoms with E-state index in [1.54, 1.807) is 0 Å². The van der Waals surface area contributed by atoms with E-state index in [1.165, 1.54) is 24.3 Å². The maximum Gasteiger partial charge on any atom is 0.326 e. The lowest BCUT2D eigenvalue weighted by atomic mass is 10.0. The molecule has 0 heterocycles. The molecular weight excluding hydrogens is 490 g/mol. The summed E-state index contributed by atoms with van der Waals surface area (Å²) in [4.78, 5) is 63.6. The largest absolute Gasteiger partial charge is 0.508 e. The molecule has 0 saturated heterocycles. The molecule has 1 rings (SSSR count). The first kappa shape index (κ1) is 30.6. The highest BCUT2D eigenvalue weighted by Crippen LogP contribution is 2.12. The third-order valence-electron chi connectivity index (χ3n) is 5.02. The van der Waals surface area contributed by atoms with E-state index in [0.717, 1.165) is 0 Å². The first-order valence-corrected chi connectivity index (χ1v) is 11.3. The zero-order valence-electron chi connectivity index (χ0n) is 20.1. The number of nitrogens with zero attached hydrogens (tertiary/aromatic N) is 1. The van der Waals surface area contributed by atoms with Gasteiger partial charge in [-0.05, 0) is 37.0 Å². The molecule has 12 N–H and O–H groups in total. The molecule has 0 fully saturated rings. The van der Waals surface area contributed by atoms with E-state index in [4.69, 9.17) is 22.3 Å². The van der Waals surface area contributed by atoms with Crippen LogP contribution in [0.5, 0.6) is 5.75 Å². The van der Waals surface area contributed by atoms with Crippen LogP contribution < -0.4 is 33.2 Å². The van der Waals surface area contributed by atoms with Crippen LogP contribution in [-0.2, 0) is 30.4 Å². The Morgan fingerprint density at radius 1 is 0.919 bits per heavy atom. The Morgan fingerprint density at radius 3 is 2.14 bits per heavy atom. The number of guanidine groups is 1. The Hall–Kier alpha value is -4.40. The van der Waals surface area contributed by atoms with Crippen molar-refractivity contribution >= 4 is 35.6 Å².